The minimum absolute atomic E-state index is 0.218. The third kappa shape index (κ3) is 4.69. The van der Waals surface area contributed by atoms with Crippen molar-refractivity contribution in [3.8, 4) is 0 Å². The fourth-order valence-corrected chi connectivity index (χ4v) is 3.44. The van der Waals surface area contributed by atoms with Gasteiger partial charge in [-0.15, -0.1) is 5.10 Å². The standard InChI is InChI=1S/C12H23N5O2S/c1-19-9-7-13-6-8-17-12(14-15-16-17)20-11-5-3-2-4-10(11)18/h10-11,13,18H,2-9H2,1H3. The first-order valence-electron chi connectivity index (χ1n) is 7.12. The number of ether oxygens (including phenoxy) is 1. The second kappa shape index (κ2) is 8.56. The number of nitrogens with one attached hydrogen (secondary N) is 1. The number of hydrogen-bond acceptors (Lipinski definition) is 7. The van der Waals surface area contributed by atoms with Gasteiger partial charge in [0.1, 0.15) is 0 Å². The molecule has 0 saturated heterocycles. The number of aliphatic hydroxyl groups is 1. The summed E-state index contributed by atoms with van der Waals surface area (Å²) in [4.78, 5) is 0. The molecule has 0 aliphatic heterocycles. The van der Waals surface area contributed by atoms with Crippen LogP contribution in [-0.4, -0.2) is 63.5 Å². The second-order valence-corrected chi connectivity index (χ2v) is 6.14. The highest BCUT2D eigenvalue weighted by Crippen LogP contribution is 2.32. The van der Waals surface area contributed by atoms with E-state index in [4.69, 9.17) is 4.74 Å². The first kappa shape index (κ1) is 15.7. The SMILES string of the molecule is COCCNCCn1nnnc1SC1CCCCC1O. The van der Waals surface area contributed by atoms with Gasteiger partial charge < -0.3 is 15.2 Å². The number of nitrogens with zero attached hydrogens (tertiary/aromatic N) is 4. The molecule has 1 heterocycles. The Balaban J connectivity index is 1.78. The molecule has 0 aromatic carbocycles. The summed E-state index contributed by atoms with van der Waals surface area (Å²) in [6.45, 7) is 3.05. The molecule has 1 aromatic heterocycles. The van der Waals surface area contributed by atoms with Gasteiger partial charge in [-0.1, -0.05) is 24.6 Å². The lowest BCUT2D eigenvalue weighted by atomic mass is 9.97. The van der Waals surface area contributed by atoms with Crippen molar-refractivity contribution < 1.29 is 9.84 Å². The van der Waals surface area contributed by atoms with E-state index < -0.39 is 0 Å². The summed E-state index contributed by atoms with van der Waals surface area (Å²) in [5, 5.41) is 26.1. The molecule has 2 rings (SSSR count). The maximum Gasteiger partial charge on any atom is 0.209 e. The van der Waals surface area contributed by atoms with Crippen molar-refractivity contribution in [2.45, 2.75) is 48.7 Å². The van der Waals surface area contributed by atoms with Gasteiger partial charge in [-0.3, -0.25) is 0 Å². The van der Waals surface area contributed by atoms with Gasteiger partial charge in [-0.2, -0.15) is 0 Å². The summed E-state index contributed by atoms with van der Waals surface area (Å²) in [7, 11) is 1.69. The predicted molar refractivity (Wildman–Crippen MR) is 76.7 cm³/mol. The number of methoxy groups -OCH3 is 1. The van der Waals surface area contributed by atoms with Crippen molar-refractivity contribution >= 4 is 11.8 Å². The Kier molecular flexibility index (Phi) is 6.71. The molecular weight excluding hydrogens is 278 g/mol. The van der Waals surface area contributed by atoms with Crippen LogP contribution in [0, 0.1) is 0 Å². The number of hydrogen-bond donors (Lipinski definition) is 2. The largest absolute Gasteiger partial charge is 0.392 e. The van der Waals surface area contributed by atoms with E-state index >= 15 is 0 Å². The van der Waals surface area contributed by atoms with E-state index in [1.807, 2.05) is 0 Å². The summed E-state index contributed by atoms with van der Waals surface area (Å²) in [6, 6.07) is 0. The Hall–Kier alpha value is -0.700. The van der Waals surface area contributed by atoms with Crippen molar-refractivity contribution in [3.05, 3.63) is 0 Å². The molecule has 1 aliphatic carbocycles. The minimum Gasteiger partial charge on any atom is -0.392 e. The molecule has 1 fully saturated rings. The lowest BCUT2D eigenvalue weighted by Gasteiger charge is -2.26. The number of aromatic nitrogens is 4. The zero-order valence-electron chi connectivity index (χ0n) is 11.9. The smallest absolute Gasteiger partial charge is 0.209 e. The Morgan fingerprint density at radius 2 is 2.25 bits per heavy atom. The Morgan fingerprint density at radius 3 is 3.05 bits per heavy atom. The maximum absolute atomic E-state index is 10.0. The molecule has 20 heavy (non-hydrogen) atoms. The van der Waals surface area contributed by atoms with Crippen molar-refractivity contribution in [1.82, 2.24) is 25.5 Å². The molecular formula is C12H23N5O2S. The summed E-state index contributed by atoms with van der Waals surface area (Å²) < 4.78 is 6.77. The average molecular weight is 301 g/mol. The lowest BCUT2D eigenvalue weighted by Crippen LogP contribution is -2.28. The van der Waals surface area contributed by atoms with E-state index in [1.54, 1.807) is 23.6 Å². The third-order valence-corrected chi connectivity index (χ3v) is 4.76. The van der Waals surface area contributed by atoms with E-state index in [1.165, 1.54) is 6.42 Å². The van der Waals surface area contributed by atoms with Gasteiger partial charge >= 0.3 is 0 Å². The van der Waals surface area contributed by atoms with Gasteiger partial charge in [-0.25, -0.2) is 4.68 Å². The van der Waals surface area contributed by atoms with Crippen molar-refractivity contribution in [2.24, 2.45) is 0 Å². The molecule has 1 aliphatic rings. The van der Waals surface area contributed by atoms with Crippen LogP contribution >= 0.6 is 11.8 Å². The zero-order chi connectivity index (χ0) is 14.2. The maximum atomic E-state index is 10.0. The third-order valence-electron chi connectivity index (χ3n) is 3.41. The molecule has 1 saturated carbocycles. The fraction of sp³-hybridized carbons (Fsp3) is 0.917. The van der Waals surface area contributed by atoms with E-state index in [9.17, 15) is 5.11 Å². The van der Waals surface area contributed by atoms with Crippen LogP contribution in [0.3, 0.4) is 0 Å². The predicted octanol–water partition coefficient (Wildman–Crippen LogP) is 0.305. The van der Waals surface area contributed by atoms with Gasteiger partial charge in [0, 0.05) is 25.4 Å². The summed E-state index contributed by atoms with van der Waals surface area (Å²) >= 11 is 1.60. The highest BCUT2D eigenvalue weighted by molar-refractivity contribution is 7.99. The van der Waals surface area contributed by atoms with Gasteiger partial charge in [-0.05, 0) is 23.3 Å². The Bertz CT molecular complexity index is 390. The molecule has 0 amide bonds. The van der Waals surface area contributed by atoms with Crippen LogP contribution in [0.15, 0.2) is 5.16 Å². The van der Waals surface area contributed by atoms with Crippen molar-refractivity contribution in [2.75, 3.05) is 26.8 Å². The first-order valence-corrected chi connectivity index (χ1v) is 7.99. The molecule has 8 heteroatoms. The lowest BCUT2D eigenvalue weighted by molar-refractivity contribution is 0.136. The monoisotopic (exact) mass is 301 g/mol. The van der Waals surface area contributed by atoms with Crippen LogP contribution < -0.4 is 5.32 Å². The highest BCUT2D eigenvalue weighted by Gasteiger charge is 2.26. The van der Waals surface area contributed by atoms with E-state index in [0.29, 0.717) is 6.61 Å². The van der Waals surface area contributed by atoms with Crippen LogP contribution in [-0.2, 0) is 11.3 Å². The minimum atomic E-state index is -0.237. The first-order chi connectivity index (χ1) is 9.81. The number of rotatable bonds is 8. The van der Waals surface area contributed by atoms with Crippen LogP contribution in [0.5, 0.6) is 0 Å². The van der Waals surface area contributed by atoms with Crippen LogP contribution in [0.2, 0.25) is 0 Å². The van der Waals surface area contributed by atoms with Crippen molar-refractivity contribution in [3.63, 3.8) is 0 Å². The Labute approximate surface area is 123 Å². The Morgan fingerprint density at radius 1 is 1.40 bits per heavy atom. The average Bonchev–Trinajstić information content (AvgIpc) is 2.89. The number of aliphatic hydroxyl groups excluding tert-OH is 1. The molecule has 0 bridgehead atoms. The second-order valence-electron chi connectivity index (χ2n) is 4.94. The van der Waals surface area contributed by atoms with Gasteiger partial charge in [0.05, 0.1) is 19.3 Å². The highest BCUT2D eigenvalue weighted by atomic mass is 32.2. The summed E-state index contributed by atoms with van der Waals surface area (Å²) in [6.07, 6.45) is 3.98. The number of tetrazole rings is 1. The summed E-state index contributed by atoms with van der Waals surface area (Å²) in [5.74, 6) is 0. The normalized spacial score (nSPS) is 23.1. The van der Waals surface area contributed by atoms with Gasteiger partial charge in [0.15, 0.2) is 0 Å². The topological polar surface area (TPSA) is 85.1 Å². The van der Waals surface area contributed by atoms with Crippen LogP contribution in [0.4, 0.5) is 0 Å². The molecule has 0 radical (unpaired) electrons. The van der Waals surface area contributed by atoms with E-state index in [0.717, 1.165) is 44.1 Å². The molecule has 0 spiro atoms. The molecule has 2 atom stereocenters. The zero-order valence-corrected chi connectivity index (χ0v) is 12.7. The molecule has 114 valence electrons. The van der Waals surface area contributed by atoms with E-state index in [2.05, 4.69) is 20.8 Å². The molecule has 2 N–H and O–H groups in total. The van der Waals surface area contributed by atoms with Gasteiger partial charge in [0.2, 0.25) is 5.16 Å². The molecule has 1 aromatic rings. The fourth-order valence-electron chi connectivity index (χ4n) is 2.26. The van der Waals surface area contributed by atoms with E-state index in [-0.39, 0.29) is 11.4 Å². The van der Waals surface area contributed by atoms with Crippen LogP contribution in [0.1, 0.15) is 25.7 Å². The van der Waals surface area contributed by atoms with Crippen LogP contribution in [0.25, 0.3) is 0 Å². The van der Waals surface area contributed by atoms with Crippen molar-refractivity contribution in [1.29, 1.82) is 0 Å². The molecule has 7 nitrogen and oxygen atoms in total. The summed E-state index contributed by atoms with van der Waals surface area (Å²) in [5.41, 5.74) is 0. The number of thioether (sulfide) groups is 1. The quantitative estimate of drug-likeness (QED) is 0.668. The molecule has 2 unspecified atom stereocenters. The van der Waals surface area contributed by atoms with Gasteiger partial charge in [0.25, 0.3) is 0 Å².